The van der Waals surface area contributed by atoms with Gasteiger partial charge in [-0.25, -0.2) is 0 Å². The molecule has 0 amide bonds. The minimum Gasteiger partial charge on any atom is -0.296 e. The minimum absolute atomic E-state index is 0.0599. The molecule has 0 aromatic heterocycles. The second kappa shape index (κ2) is 6.74. The zero-order chi connectivity index (χ0) is 13.8. The molecule has 0 aliphatic carbocycles. The molecule has 0 bridgehead atoms. The summed E-state index contributed by atoms with van der Waals surface area (Å²) in [5.41, 5.74) is 0.535. The van der Waals surface area contributed by atoms with Crippen LogP contribution in [0.15, 0.2) is 18.2 Å². The van der Waals surface area contributed by atoms with E-state index < -0.39 is 0 Å². The van der Waals surface area contributed by atoms with Crippen molar-refractivity contribution in [1.82, 2.24) is 4.90 Å². The average Bonchev–Trinajstić information content (AvgIpc) is 2.80. The molecule has 1 aromatic rings. The number of likely N-dealkylation sites (tertiary alicyclic amines) is 1. The lowest BCUT2D eigenvalue weighted by atomic mass is 10.0. The van der Waals surface area contributed by atoms with E-state index in [9.17, 15) is 4.79 Å². The Balaban J connectivity index is 1.96. The van der Waals surface area contributed by atoms with Crippen LogP contribution in [-0.4, -0.2) is 30.3 Å². The molecule has 1 unspecified atom stereocenters. The van der Waals surface area contributed by atoms with Crippen LogP contribution in [-0.2, 0) is 0 Å². The van der Waals surface area contributed by atoms with Crippen LogP contribution in [0.2, 0.25) is 10.0 Å². The molecule has 19 heavy (non-hydrogen) atoms. The first-order chi connectivity index (χ1) is 9.10. The highest BCUT2D eigenvalue weighted by molar-refractivity contribution is 6.36. The number of hydrogen-bond donors (Lipinski definition) is 0. The van der Waals surface area contributed by atoms with Crippen molar-refractivity contribution in [3.8, 4) is 0 Å². The maximum Gasteiger partial charge on any atom is 0.178 e. The smallest absolute Gasteiger partial charge is 0.178 e. The number of carbonyl (C=O) groups is 1. The molecule has 1 heterocycles. The molecule has 1 aliphatic rings. The number of carbonyl (C=O) groups excluding carboxylic acids is 1. The first kappa shape index (κ1) is 14.8. The zero-order valence-electron chi connectivity index (χ0n) is 11.2. The van der Waals surface area contributed by atoms with Gasteiger partial charge in [0.2, 0.25) is 0 Å². The molecule has 2 nitrogen and oxygen atoms in total. The Morgan fingerprint density at radius 3 is 2.95 bits per heavy atom. The summed E-state index contributed by atoms with van der Waals surface area (Å²) in [7, 11) is 0. The van der Waals surface area contributed by atoms with Crippen molar-refractivity contribution in [3.63, 3.8) is 0 Å². The van der Waals surface area contributed by atoms with Crippen LogP contribution >= 0.6 is 23.2 Å². The highest BCUT2D eigenvalue weighted by atomic mass is 35.5. The van der Waals surface area contributed by atoms with E-state index in [2.05, 4.69) is 11.8 Å². The van der Waals surface area contributed by atoms with Crippen molar-refractivity contribution in [2.75, 3.05) is 19.6 Å². The summed E-state index contributed by atoms with van der Waals surface area (Å²) in [6, 6.07) is 5.04. The van der Waals surface area contributed by atoms with Crippen molar-refractivity contribution >= 4 is 29.0 Å². The van der Waals surface area contributed by atoms with Crippen LogP contribution in [0.5, 0.6) is 0 Å². The third-order valence-corrected chi connectivity index (χ3v) is 4.23. The monoisotopic (exact) mass is 299 g/mol. The van der Waals surface area contributed by atoms with E-state index in [1.54, 1.807) is 18.2 Å². The van der Waals surface area contributed by atoms with Gasteiger partial charge >= 0.3 is 0 Å². The van der Waals surface area contributed by atoms with Gasteiger partial charge in [-0.05, 0) is 43.5 Å². The molecule has 1 aromatic carbocycles. The lowest BCUT2D eigenvalue weighted by molar-refractivity contribution is 0.0943. The van der Waals surface area contributed by atoms with E-state index in [1.807, 2.05) is 0 Å². The van der Waals surface area contributed by atoms with Crippen LogP contribution in [0.4, 0.5) is 0 Å². The van der Waals surface area contributed by atoms with Crippen LogP contribution in [0.3, 0.4) is 0 Å². The number of rotatable bonds is 5. The third-order valence-electron chi connectivity index (χ3n) is 3.66. The summed E-state index contributed by atoms with van der Waals surface area (Å²) in [5.74, 6) is 0.803. The molecule has 0 radical (unpaired) electrons. The molecule has 1 aliphatic heterocycles. The number of hydrogen-bond acceptors (Lipinski definition) is 2. The van der Waals surface area contributed by atoms with Gasteiger partial charge in [0.05, 0.1) is 11.6 Å². The first-order valence-electron chi connectivity index (χ1n) is 6.80. The molecular formula is C15H19Cl2NO. The topological polar surface area (TPSA) is 20.3 Å². The van der Waals surface area contributed by atoms with Gasteiger partial charge in [-0.1, -0.05) is 36.5 Å². The quantitative estimate of drug-likeness (QED) is 0.756. The fourth-order valence-corrected chi connectivity index (χ4v) is 3.09. The van der Waals surface area contributed by atoms with E-state index in [-0.39, 0.29) is 5.78 Å². The number of benzene rings is 1. The maximum absolute atomic E-state index is 12.3. The molecule has 1 saturated heterocycles. The van der Waals surface area contributed by atoms with Crippen LogP contribution in [0.25, 0.3) is 0 Å². The lowest BCUT2D eigenvalue weighted by Gasteiger charge is -2.15. The Kier molecular flexibility index (Phi) is 5.26. The van der Waals surface area contributed by atoms with Crippen molar-refractivity contribution in [2.45, 2.75) is 26.2 Å². The minimum atomic E-state index is 0.0599. The summed E-state index contributed by atoms with van der Waals surface area (Å²) >= 11 is 12.0. The maximum atomic E-state index is 12.3. The molecule has 1 atom stereocenters. The molecule has 0 N–H and O–H groups in total. The van der Waals surface area contributed by atoms with Gasteiger partial charge in [-0.3, -0.25) is 9.69 Å². The number of Topliss-reactive ketones (excluding diaryl/α,β-unsaturated/α-hetero) is 1. The number of ketones is 1. The van der Waals surface area contributed by atoms with Crippen LogP contribution in [0, 0.1) is 5.92 Å². The van der Waals surface area contributed by atoms with Gasteiger partial charge in [-0.15, -0.1) is 0 Å². The average molecular weight is 300 g/mol. The van der Waals surface area contributed by atoms with E-state index in [4.69, 9.17) is 23.2 Å². The van der Waals surface area contributed by atoms with Crippen molar-refractivity contribution in [3.05, 3.63) is 33.8 Å². The van der Waals surface area contributed by atoms with Gasteiger partial charge in [0, 0.05) is 17.1 Å². The lowest BCUT2D eigenvalue weighted by Crippen LogP contribution is -2.28. The Labute approximate surface area is 124 Å². The van der Waals surface area contributed by atoms with Gasteiger partial charge in [0.25, 0.3) is 0 Å². The fourth-order valence-electron chi connectivity index (χ4n) is 2.70. The van der Waals surface area contributed by atoms with Crippen LogP contribution in [0.1, 0.15) is 36.5 Å². The van der Waals surface area contributed by atoms with Gasteiger partial charge in [0.1, 0.15) is 0 Å². The molecule has 104 valence electrons. The molecule has 0 spiro atoms. The molecule has 2 rings (SSSR count). The third kappa shape index (κ3) is 3.95. The zero-order valence-corrected chi connectivity index (χ0v) is 12.7. The Morgan fingerprint density at radius 2 is 2.21 bits per heavy atom. The largest absolute Gasteiger partial charge is 0.296 e. The first-order valence-corrected chi connectivity index (χ1v) is 7.56. The van der Waals surface area contributed by atoms with Gasteiger partial charge < -0.3 is 0 Å². The normalized spacial score (nSPS) is 19.8. The predicted octanol–water partition coefficient (Wildman–Crippen LogP) is 4.30. The summed E-state index contributed by atoms with van der Waals surface area (Å²) in [6.07, 6.45) is 3.67. The molecular weight excluding hydrogens is 281 g/mol. The fraction of sp³-hybridized carbons (Fsp3) is 0.533. The standard InChI is InChI=1S/C15H19Cl2NO/c1-2-3-11-6-7-18(9-11)10-15(19)13-8-12(16)4-5-14(13)17/h4-5,8,11H,2-3,6-7,9-10H2,1H3. The molecule has 1 fully saturated rings. The van der Waals surface area contributed by atoms with Crippen molar-refractivity contribution in [1.29, 1.82) is 0 Å². The summed E-state index contributed by atoms with van der Waals surface area (Å²) < 4.78 is 0. The van der Waals surface area contributed by atoms with Crippen molar-refractivity contribution < 1.29 is 4.79 Å². The summed E-state index contributed by atoms with van der Waals surface area (Å²) in [5, 5.41) is 1.04. The van der Waals surface area contributed by atoms with Gasteiger partial charge in [0.15, 0.2) is 5.78 Å². The van der Waals surface area contributed by atoms with Gasteiger partial charge in [-0.2, -0.15) is 0 Å². The number of nitrogens with zero attached hydrogens (tertiary/aromatic N) is 1. The highest BCUT2D eigenvalue weighted by Gasteiger charge is 2.24. The molecule has 0 saturated carbocycles. The van der Waals surface area contributed by atoms with E-state index >= 15 is 0 Å². The van der Waals surface area contributed by atoms with Crippen molar-refractivity contribution in [2.24, 2.45) is 5.92 Å². The second-order valence-electron chi connectivity index (χ2n) is 5.23. The molecule has 4 heteroatoms. The SMILES string of the molecule is CCCC1CCN(CC(=O)c2cc(Cl)ccc2Cl)C1. The highest BCUT2D eigenvalue weighted by Crippen LogP contribution is 2.24. The van der Waals surface area contributed by atoms with E-state index in [1.165, 1.54) is 19.3 Å². The second-order valence-corrected chi connectivity index (χ2v) is 6.07. The van der Waals surface area contributed by atoms with E-state index in [0.29, 0.717) is 22.2 Å². The summed E-state index contributed by atoms with van der Waals surface area (Å²) in [4.78, 5) is 14.5. The Bertz CT molecular complexity index is 461. The van der Waals surface area contributed by atoms with E-state index in [0.717, 1.165) is 19.0 Å². The Morgan fingerprint density at radius 1 is 1.42 bits per heavy atom. The predicted molar refractivity (Wildman–Crippen MR) is 80.2 cm³/mol. The summed E-state index contributed by atoms with van der Waals surface area (Å²) in [6.45, 7) is 4.69. The van der Waals surface area contributed by atoms with Crippen LogP contribution < -0.4 is 0 Å². The number of halogens is 2. The Hall–Kier alpha value is -0.570.